The van der Waals surface area contributed by atoms with E-state index in [0.29, 0.717) is 5.02 Å². The van der Waals surface area contributed by atoms with E-state index in [0.717, 1.165) is 31.7 Å². The largest absolute Gasteiger partial charge is 0.372 e. The van der Waals surface area contributed by atoms with Gasteiger partial charge in [-0.25, -0.2) is 0 Å². The van der Waals surface area contributed by atoms with Crippen LogP contribution in [0.25, 0.3) is 0 Å². The molecule has 1 atom stereocenters. The molecule has 1 aliphatic rings. The van der Waals surface area contributed by atoms with Crippen molar-refractivity contribution >= 4 is 11.6 Å². The molecule has 1 saturated heterocycles. The zero-order chi connectivity index (χ0) is 12.5. The van der Waals surface area contributed by atoms with E-state index in [4.69, 9.17) is 11.6 Å². The van der Waals surface area contributed by atoms with Crippen LogP contribution in [0, 0.1) is 0 Å². The highest BCUT2D eigenvalue weighted by Crippen LogP contribution is 2.31. The standard InChI is InChI=1S/C13H19ClN2O/c1-13(17,11-5-3-4-6-12(11)14)16-9-7-15(2)8-10-16/h3-6,17H,7-10H2,1-2H3. The molecule has 1 unspecified atom stereocenters. The van der Waals surface area contributed by atoms with Crippen LogP contribution in [0.5, 0.6) is 0 Å². The smallest absolute Gasteiger partial charge is 0.143 e. The number of rotatable bonds is 2. The molecule has 0 aliphatic carbocycles. The maximum atomic E-state index is 10.7. The topological polar surface area (TPSA) is 26.7 Å². The fourth-order valence-corrected chi connectivity index (χ4v) is 2.57. The van der Waals surface area contributed by atoms with Crippen LogP contribution < -0.4 is 0 Å². The number of aliphatic hydroxyl groups is 1. The van der Waals surface area contributed by atoms with Gasteiger partial charge in [0.2, 0.25) is 0 Å². The number of halogens is 1. The molecule has 2 rings (SSSR count). The summed E-state index contributed by atoms with van der Waals surface area (Å²) in [5.74, 6) is 0. The molecular formula is C13H19ClN2O. The van der Waals surface area contributed by atoms with Crippen LogP contribution in [0.2, 0.25) is 5.02 Å². The average Bonchev–Trinajstić information content (AvgIpc) is 2.30. The molecule has 1 fully saturated rings. The molecule has 1 aromatic rings. The van der Waals surface area contributed by atoms with E-state index >= 15 is 0 Å². The second-order valence-corrected chi connectivity index (χ2v) is 5.20. The second-order valence-electron chi connectivity index (χ2n) is 4.79. The predicted molar refractivity (Wildman–Crippen MR) is 70.1 cm³/mol. The van der Waals surface area contributed by atoms with Gasteiger partial charge in [-0.1, -0.05) is 29.8 Å². The lowest BCUT2D eigenvalue weighted by atomic mass is 10.0. The minimum atomic E-state index is -0.987. The molecule has 1 heterocycles. The Labute approximate surface area is 108 Å². The summed E-state index contributed by atoms with van der Waals surface area (Å²) in [5.41, 5.74) is -0.203. The van der Waals surface area contributed by atoms with E-state index in [1.807, 2.05) is 31.2 Å². The van der Waals surface area contributed by atoms with Gasteiger partial charge in [0.1, 0.15) is 5.72 Å². The van der Waals surface area contributed by atoms with Crippen molar-refractivity contribution in [1.29, 1.82) is 0 Å². The maximum Gasteiger partial charge on any atom is 0.143 e. The van der Waals surface area contributed by atoms with Crippen LogP contribution >= 0.6 is 11.6 Å². The molecule has 1 aromatic carbocycles. The lowest BCUT2D eigenvalue weighted by molar-refractivity contribution is -0.115. The van der Waals surface area contributed by atoms with Gasteiger partial charge >= 0.3 is 0 Å². The van der Waals surface area contributed by atoms with Gasteiger partial charge in [0.15, 0.2) is 0 Å². The molecule has 1 aliphatic heterocycles. The first-order chi connectivity index (χ1) is 8.01. The Morgan fingerprint density at radius 2 is 1.76 bits per heavy atom. The zero-order valence-electron chi connectivity index (χ0n) is 10.4. The Bertz CT molecular complexity index is 387. The molecule has 0 radical (unpaired) electrons. The molecule has 1 N–H and O–H groups in total. The van der Waals surface area contributed by atoms with Crippen molar-refractivity contribution in [3.05, 3.63) is 34.9 Å². The minimum Gasteiger partial charge on any atom is -0.372 e. The number of likely N-dealkylation sites (N-methyl/N-ethyl adjacent to an activating group) is 1. The van der Waals surface area contributed by atoms with Gasteiger partial charge in [0.05, 0.1) is 0 Å². The maximum absolute atomic E-state index is 10.7. The lowest BCUT2D eigenvalue weighted by Crippen LogP contribution is -2.53. The summed E-state index contributed by atoms with van der Waals surface area (Å²) in [5, 5.41) is 11.3. The lowest BCUT2D eigenvalue weighted by Gasteiger charge is -2.42. The van der Waals surface area contributed by atoms with Gasteiger partial charge in [0.25, 0.3) is 0 Å². The fraction of sp³-hybridized carbons (Fsp3) is 0.538. The molecule has 0 spiro atoms. The fourth-order valence-electron chi connectivity index (χ4n) is 2.26. The first-order valence-electron chi connectivity index (χ1n) is 5.93. The summed E-state index contributed by atoms with van der Waals surface area (Å²) in [4.78, 5) is 4.34. The van der Waals surface area contributed by atoms with Crippen LogP contribution in [-0.2, 0) is 5.72 Å². The van der Waals surface area contributed by atoms with Crippen molar-refractivity contribution in [1.82, 2.24) is 9.80 Å². The SMILES string of the molecule is CN1CCN(C(C)(O)c2ccccc2Cl)CC1. The summed E-state index contributed by atoms with van der Waals surface area (Å²) in [7, 11) is 2.10. The van der Waals surface area contributed by atoms with Gasteiger partial charge in [-0.3, -0.25) is 4.90 Å². The van der Waals surface area contributed by atoms with Crippen molar-refractivity contribution in [2.75, 3.05) is 33.2 Å². The molecular weight excluding hydrogens is 236 g/mol. The highest BCUT2D eigenvalue weighted by Gasteiger charge is 2.34. The van der Waals surface area contributed by atoms with Gasteiger partial charge < -0.3 is 10.0 Å². The van der Waals surface area contributed by atoms with Crippen LogP contribution in [0.1, 0.15) is 12.5 Å². The molecule has 0 aromatic heterocycles. The third kappa shape index (κ3) is 2.63. The summed E-state index contributed by atoms with van der Waals surface area (Å²) in [6.45, 7) is 5.48. The predicted octanol–water partition coefficient (Wildman–Crippen LogP) is 1.75. The summed E-state index contributed by atoms with van der Waals surface area (Å²) >= 11 is 6.16. The van der Waals surface area contributed by atoms with E-state index in [9.17, 15) is 5.11 Å². The highest BCUT2D eigenvalue weighted by atomic mass is 35.5. The van der Waals surface area contributed by atoms with Gasteiger partial charge in [-0.2, -0.15) is 0 Å². The van der Waals surface area contributed by atoms with Crippen LogP contribution in [0.4, 0.5) is 0 Å². The Hall–Kier alpha value is -0.610. The number of benzene rings is 1. The van der Waals surface area contributed by atoms with Crippen LogP contribution in [0.15, 0.2) is 24.3 Å². The van der Waals surface area contributed by atoms with Crippen LogP contribution in [-0.4, -0.2) is 48.1 Å². The number of piperazine rings is 1. The molecule has 3 nitrogen and oxygen atoms in total. The quantitative estimate of drug-likeness (QED) is 0.871. The van der Waals surface area contributed by atoms with Crippen molar-refractivity contribution < 1.29 is 5.11 Å². The van der Waals surface area contributed by atoms with Crippen molar-refractivity contribution in [2.45, 2.75) is 12.6 Å². The summed E-state index contributed by atoms with van der Waals surface area (Å²) < 4.78 is 0. The van der Waals surface area contributed by atoms with E-state index in [-0.39, 0.29) is 0 Å². The van der Waals surface area contributed by atoms with Gasteiger partial charge in [-0.05, 0) is 20.0 Å². The zero-order valence-corrected chi connectivity index (χ0v) is 11.1. The molecule has 4 heteroatoms. The van der Waals surface area contributed by atoms with E-state index in [1.165, 1.54) is 0 Å². The normalized spacial score (nSPS) is 22.4. The molecule has 17 heavy (non-hydrogen) atoms. The first-order valence-corrected chi connectivity index (χ1v) is 6.30. The third-order valence-electron chi connectivity index (χ3n) is 3.50. The Morgan fingerprint density at radius 3 is 2.35 bits per heavy atom. The molecule has 0 bridgehead atoms. The van der Waals surface area contributed by atoms with E-state index < -0.39 is 5.72 Å². The Kier molecular flexibility index (Phi) is 3.73. The van der Waals surface area contributed by atoms with Crippen molar-refractivity contribution in [2.24, 2.45) is 0 Å². The minimum absolute atomic E-state index is 0.622. The number of hydrogen-bond acceptors (Lipinski definition) is 3. The average molecular weight is 255 g/mol. The van der Waals surface area contributed by atoms with Crippen LogP contribution in [0.3, 0.4) is 0 Å². The Balaban J connectivity index is 2.21. The second kappa shape index (κ2) is 4.94. The number of hydrogen-bond donors (Lipinski definition) is 1. The van der Waals surface area contributed by atoms with E-state index in [1.54, 1.807) is 0 Å². The Morgan fingerprint density at radius 1 is 1.18 bits per heavy atom. The van der Waals surface area contributed by atoms with Gasteiger partial charge in [-0.15, -0.1) is 0 Å². The van der Waals surface area contributed by atoms with Gasteiger partial charge in [0, 0.05) is 36.8 Å². The third-order valence-corrected chi connectivity index (χ3v) is 3.83. The number of nitrogens with zero attached hydrogens (tertiary/aromatic N) is 2. The van der Waals surface area contributed by atoms with Crippen molar-refractivity contribution in [3.8, 4) is 0 Å². The molecule has 0 saturated carbocycles. The summed E-state index contributed by atoms with van der Waals surface area (Å²) in [6.07, 6.45) is 0. The van der Waals surface area contributed by atoms with E-state index in [2.05, 4.69) is 16.8 Å². The highest BCUT2D eigenvalue weighted by molar-refractivity contribution is 6.31. The van der Waals surface area contributed by atoms with Crippen molar-refractivity contribution in [3.63, 3.8) is 0 Å². The molecule has 94 valence electrons. The monoisotopic (exact) mass is 254 g/mol. The summed E-state index contributed by atoms with van der Waals surface area (Å²) in [6, 6.07) is 7.50. The first kappa shape index (κ1) is 12.8. The molecule has 0 amide bonds.